The van der Waals surface area contributed by atoms with Gasteiger partial charge in [-0.05, 0) is 29.8 Å². The topological polar surface area (TPSA) is 56.1 Å². The number of hydrogen-bond donors (Lipinski definition) is 1. The van der Waals surface area contributed by atoms with Crippen LogP contribution in [0.15, 0.2) is 10.8 Å². The van der Waals surface area contributed by atoms with E-state index < -0.39 is 0 Å². The third kappa shape index (κ3) is 2.82. The first-order valence-corrected chi connectivity index (χ1v) is 5.77. The molecule has 0 radical (unpaired) electrons. The Morgan fingerprint density at radius 2 is 2.25 bits per heavy atom. The van der Waals surface area contributed by atoms with Crippen molar-refractivity contribution in [3.8, 4) is 0 Å². The summed E-state index contributed by atoms with van der Waals surface area (Å²) in [7, 11) is 3.39. The number of carbonyl (C=O) groups excluding carboxylic acids is 1. The summed E-state index contributed by atoms with van der Waals surface area (Å²) in [5.74, 6) is 0.173. The molecule has 90 valence electrons. The molecule has 0 saturated carbocycles. The minimum absolute atomic E-state index is 0.0346. The highest BCUT2D eigenvalue weighted by molar-refractivity contribution is 9.10. The van der Waals surface area contributed by atoms with Gasteiger partial charge in [0.25, 0.3) is 5.91 Å². The van der Waals surface area contributed by atoms with Gasteiger partial charge >= 0.3 is 0 Å². The molecule has 1 N–H and O–H groups in total. The maximum Gasteiger partial charge on any atom is 0.287 e. The zero-order valence-electron chi connectivity index (χ0n) is 9.82. The SMILES string of the molecule is COC(C)[C@H](C)NC(=O)c1ncc(Br)n1C. The molecule has 1 unspecified atom stereocenters. The minimum atomic E-state index is -0.204. The lowest BCUT2D eigenvalue weighted by molar-refractivity contribution is 0.0726. The van der Waals surface area contributed by atoms with Crippen LogP contribution in [0.1, 0.15) is 24.5 Å². The van der Waals surface area contributed by atoms with Crippen molar-refractivity contribution in [2.45, 2.75) is 26.0 Å². The average molecular weight is 290 g/mol. The van der Waals surface area contributed by atoms with Crippen molar-refractivity contribution < 1.29 is 9.53 Å². The number of aromatic nitrogens is 2. The van der Waals surface area contributed by atoms with E-state index in [-0.39, 0.29) is 18.1 Å². The maximum absolute atomic E-state index is 11.8. The summed E-state index contributed by atoms with van der Waals surface area (Å²) in [5, 5.41) is 2.83. The van der Waals surface area contributed by atoms with E-state index in [1.54, 1.807) is 24.9 Å². The molecule has 2 atom stereocenters. The van der Waals surface area contributed by atoms with Gasteiger partial charge < -0.3 is 14.6 Å². The molecule has 0 aliphatic heterocycles. The van der Waals surface area contributed by atoms with E-state index in [1.165, 1.54) is 0 Å². The minimum Gasteiger partial charge on any atom is -0.380 e. The van der Waals surface area contributed by atoms with Gasteiger partial charge in [-0.25, -0.2) is 4.98 Å². The van der Waals surface area contributed by atoms with Crippen molar-refractivity contribution in [1.82, 2.24) is 14.9 Å². The first-order valence-electron chi connectivity index (χ1n) is 4.98. The molecule has 1 amide bonds. The van der Waals surface area contributed by atoms with Crippen molar-refractivity contribution >= 4 is 21.8 Å². The van der Waals surface area contributed by atoms with Crippen molar-refractivity contribution in [2.75, 3.05) is 7.11 Å². The van der Waals surface area contributed by atoms with Gasteiger partial charge in [-0.15, -0.1) is 0 Å². The Kier molecular flexibility index (Phi) is 4.49. The van der Waals surface area contributed by atoms with E-state index in [2.05, 4.69) is 26.2 Å². The number of nitrogens with zero attached hydrogens (tertiary/aromatic N) is 2. The number of imidazole rings is 1. The van der Waals surface area contributed by atoms with Gasteiger partial charge in [0.1, 0.15) is 4.60 Å². The number of nitrogens with one attached hydrogen (secondary N) is 1. The summed E-state index contributed by atoms with van der Waals surface area (Å²) in [6, 6.07) is -0.0621. The van der Waals surface area contributed by atoms with Crippen LogP contribution in [0, 0.1) is 0 Å². The lowest BCUT2D eigenvalue weighted by Gasteiger charge is -2.19. The van der Waals surface area contributed by atoms with E-state index in [0.717, 1.165) is 4.60 Å². The quantitative estimate of drug-likeness (QED) is 0.910. The standard InChI is InChI=1S/C10H16BrN3O2/c1-6(7(2)16-4)13-10(15)9-12-5-8(11)14(9)3/h5-7H,1-4H3,(H,13,15)/t6-,7?/m0/s1. The second-order valence-electron chi connectivity index (χ2n) is 3.67. The first kappa shape index (κ1) is 13.2. The van der Waals surface area contributed by atoms with Crippen LogP contribution in [-0.2, 0) is 11.8 Å². The van der Waals surface area contributed by atoms with Crippen LogP contribution in [0.2, 0.25) is 0 Å². The molecule has 0 bridgehead atoms. The second-order valence-corrected chi connectivity index (χ2v) is 4.48. The zero-order valence-corrected chi connectivity index (χ0v) is 11.4. The third-order valence-corrected chi connectivity index (χ3v) is 3.31. The molecule has 6 heteroatoms. The molecule has 16 heavy (non-hydrogen) atoms. The molecule has 1 aromatic rings. The van der Waals surface area contributed by atoms with Crippen molar-refractivity contribution in [2.24, 2.45) is 7.05 Å². The summed E-state index contributed by atoms with van der Waals surface area (Å²) in [5.41, 5.74) is 0. The number of halogens is 1. The van der Waals surface area contributed by atoms with Crippen LogP contribution in [-0.4, -0.2) is 34.7 Å². The van der Waals surface area contributed by atoms with Gasteiger partial charge in [0, 0.05) is 14.2 Å². The Labute approximate surface area is 103 Å². The molecule has 0 aromatic carbocycles. The molecule has 0 spiro atoms. The molecule has 0 fully saturated rings. The van der Waals surface area contributed by atoms with Crippen molar-refractivity contribution in [3.63, 3.8) is 0 Å². The molecule has 1 aromatic heterocycles. The summed E-state index contributed by atoms with van der Waals surface area (Å²) in [6.07, 6.45) is 1.56. The molecule has 5 nitrogen and oxygen atoms in total. The molecule has 0 aliphatic rings. The predicted octanol–water partition coefficient (Wildman–Crippen LogP) is 1.34. The van der Waals surface area contributed by atoms with Crippen LogP contribution in [0.5, 0.6) is 0 Å². The molecular formula is C10H16BrN3O2. The van der Waals surface area contributed by atoms with E-state index in [0.29, 0.717) is 5.82 Å². The largest absolute Gasteiger partial charge is 0.380 e. The first-order chi connectivity index (χ1) is 7.47. The van der Waals surface area contributed by atoms with Crippen LogP contribution >= 0.6 is 15.9 Å². The summed E-state index contributed by atoms with van der Waals surface area (Å²) < 4.78 is 7.58. The van der Waals surface area contributed by atoms with E-state index in [9.17, 15) is 4.79 Å². The Balaban J connectivity index is 2.69. The fraction of sp³-hybridized carbons (Fsp3) is 0.600. The van der Waals surface area contributed by atoms with E-state index >= 15 is 0 Å². The third-order valence-electron chi connectivity index (χ3n) is 2.57. The molecule has 1 heterocycles. The number of methoxy groups -OCH3 is 1. The van der Waals surface area contributed by atoms with Crippen LogP contribution in [0.25, 0.3) is 0 Å². The smallest absolute Gasteiger partial charge is 0.287 e. The number of amides is 1. The summed E-state index contributed by atoms with van der Waals surface area (Å²) in [4.78, 5) is 15.9. The molecular weight excluding hydrogens is 274 g/mol. The van der Waals surface area contributed by atoms with Gasteiger partial charge in [-0.1, -0.05) is 0 Å². The summed E-state index contributed by atoms with van der Waals surface area (Å²) in [6.45, 7) is 3.79. The van der Waals surface area contributed by atoms with Gasteiger partial charge in [0.05, 0.1) is 18.3 Å². The van der Waals surface area contributed by atoms with Gasteiger partial charge in [-0.3, -0.25) is 4.79 Å². The molecule has 1 rings (SSSR count). The van der Waals surface area contributed by atoms with Crippen LogP contribution in [0.4, 0.5) is 0 Å². The highest BCUT2D eigenvalue weighted by atomic mass is 79.9. The second kappa shape index (κ2) is 5.45. The Morgan fingerprint density at radius 1 is 1.62 bits per heavy atom. The monoisotopic (exact) mass is 289 g/mol. The van der Waals surface area contributed by atoms with Gasteiger partial charge in [0.15, 0.2) is 5.82 Å². The average Bonchev–Trinajstić information content (AvgIpc) is 2.58. The van der Waals surface area contributed by atoms with Crippen LogP contribution in [0.3, 0.4) is 0 Å². The fourth-order valence-corrected chi connectivity index (χ4v) is 1.46. The number of carbonyl (C=O) groups is 1. The zero-order chi connectivity index (χ0) is 12.3. The van der Waals surface area contributed by atoms with E-state index in [4.69, 9.17) is 4.74 Å². The maximum atomic E-state index is 11.8. The van der Waals surface area contributed by atoms with E-state index in [1.807, 2.05) is 13.8 Å². The number of rotatable bonds is 4. The highest BCUT2D eigenvalue weighted by Gasteiger charge is 2.18. The van der Waals surface area contributed by atoms with Gasteiger partial charge in [-0.2, -0.15) is 0 Å². The molecule has 0 saturated heterocycles. The Bertz CT molecular complexity index is 378. The highest BCUT2D eigenvalue weighted by Crippen LogP contribution is 2.10. The Hall–Kier alpha value is -0.880. The van der Waals surface area contributed by atoms with Crippen LogP contribution < -0.4 is 5.32 Å². The van der Waals surface area contributed by atoms with Crippen molar-refractivity contribution in [3.05, 3.63) is 16.6 Å². The lowest BCUT2D eigenvalue weighted by Crippen LogP contribution is -2.41. The predicted molar refractivity (Wildman–Crippen MR) is 64.3 cm³/mol. The molecule has 0 aliphatic carbocycles. The lowest BCUT2D eigenvalue weighted by atomic mass is 10.2. The normalized spacial score (nSPS) is 14.6. The van der Waals surface area contributed by atoms with Gasteiger partial charge in [0.2, 0.25) is 0 Å². The van der Waals surface area contributed by atoms with Crippen molar-refractivity contribution in [1.29, 1.82) is 0 Å². The number of ether oxygens (including phenoxy) is 1. The Morgan fingerprint density at radius 3 is 2.69 bits per heavy atom. The number of hydrogen-bond acceptors (Lipinski definition) is 3. The summed E-state index contributed by atoms with van der Waals surface area (Å²) >= 11 is 3.29. The fourth-order valence-electron chi connectivity index (χ4n) is 1.19.